The van der Waals surface area contributed by atoms with Gasteiger partial charge in [-0.3, -0.25) is 0 Å². The van der Waals surface area contributed by atoms with Gasteiger partial charge in [0.2, 0.25) is 0 Å². The number of halogens is 3. The normalized spacial score (nSPS) is 10.4. The lowest BCUT2D eigenvalue weighted by Gasteiger charge is -2.13. The fraction of sp³-hybridized carbons (Fsp3) is 0.0769. The molecule has 0 spiro atoms. The molecule has 0 atom stereocenters. The number of aryl methyl sites for hydroxylation is 1. The number of para-hydroxylation sites is 1. The van der Waals surface area contributed by atoms with Gasteiger partial charge in [-0.05, 0) is 24.6 Å². The fourth-order valence-electron chi connectivity index (χ4n) is 1.59. The zero-order valence-electron chi connectivity index (χ0n) is 9.60. The number of hydrogen-bond acceptors (Lipinski definition) is 2. The van der Waals surface area contributed by atoms with Crippen LogP contribution in [0.2, 0.25) is 5.02 Å². The monoisotopic (exact) mass is 268 g/mol. The second-order valence-electron chi connectivity index (χ2n) is 3.91. The summed E-state index contributed by atoms with van der Waals surface area (Å²) in [6.07, 6.45) is 0. The van der Waals surface area contributed by atoms with Gasteiger partial charge in [-0.1, -0.05) is 23.7 Å². The quantitative estimate of drug-likeness (QED) is 0.799. The van der Waals surface area contributed by atoms with Crippen LogP contribution in [0.4, 0.5) is 25.8 Å². The van der Waals surface area contributed by atoms with E-state index in [-0.39, 0.29) is 10.7 Å². The molecule has 0 aliphatic heterocycles. The van der Waals surface area contributed by atoms with Crippen molar-refractivity contribution in [2.75, 3.05) is 11.1 Å². The van der Waals surface area contributed by atoms with Gasteiger partial charge in [-0.2, -0.15) is 0 Å². The van der Waals surface area contributed by atoms with Gasteiger partial charge < -0.3 is 11.1 Å². The molecule has 0 bridgehead atoms. The Labute approximate surface area is 108 Å². The maximum Gasteiger partial charge on any atom is 0.151 e. The van der Waals surface area contributed by atoms with Crippen LogP contribution in [0.1, 0.15) is 5.56 Å². The minimum atomic E-state index is -0.763. The molecule has 0 aliphatic rings. The van der Waals surface area contributed by atoms with Crippen molar-refractivity contribution in [3.8, 4) is 0 Å². The first-order valence-corrected chi connectivity index (χ1v) is 5.63. The number of benzene rings is 2. The van der Waals surface area contributed by atoms with Crippen LogP contribution in [0.15, 0.2) is 30.3 Å². The van der Waals surface area contributed by atoms with Gasteiger partial charge >= 0.3 is 0 Å². The molecular formula is C13H11ClF2N2. The first-order chi connectivity index (χ1) is 8.49. The summed E-state index contributed by atoms with van der Waals surface area (Å²) in [7, 11) is 0. The van der Waals surface area contributed by atoms with Gasteiger partial charge in [-0.15, -0.1) is 0 Å². The van der Waals surface area contributed by atoms with Gasteiger partial charge in [0.15, 0.2) is 5.82 Å². The zero-order chi connectivity index (χ0) is 13.3. The highest BCUT2D eigenvalue weighted by atomic mass is 35.5. The maximum absolute atomic E-state index is 13.6. The molecule has 94 valence electrons. The minimum Gasteiger partial charge on any atom is -0.397 e. The predicted octanol–water partition coefficient (Wildman–Crippen LogP) is 4.25. The molecule has 2 nitrogen and oxygen atoms in total. The number of nitrogens with two attached hydrogens (primary N) is 1. The third-order valence-corrected chi connectivity index (χ3v) is 2.89. The van der Waals surface area contributed by atoms with E-state index in [0.29, 0.717) is 11.4 Å². The third-order valence-electron chi connectivity index (χ3n) is 2.59. The zero-order valence-corrected chi connectivity index (χ0v) is 10.4. The second-order valence-corrected chi connectivity index (χ2v) is 4.31. The van der Waals surface area contributed by atoms with E-state index in [1.165, 1.54) is 0 Å². The lowest BCUT2D eigenvalue weighted by atomic mass is 10.1. The lowest BCUT2D eigenvalue weighted by Crippen LogP contribution is -2.01. The first-order valence-electron chi connectivity index (χ1n) is 5.25. The van der Waals surface area contributed by atoms with E-state index in [1.807, 2.05) is 13.0 Å². The number of anilines is 3. The van der Waals surface area contributed by atoms with Crippen LogP contribution in [0, 0.1) is 18.6 Å². The van der Waals surface area contributed by atoms with Crippen molar-refractivity contribution in [2.45, 2.75) is 6.92 Å². The van der Waals surface area contributed by atoms with Gasteiger partial charge in [0.25, 0.3) is 0 Å². The highest BCUT2D eigenvalue weighted by Crippen LogP contribution is 2.32. The van der Waals surface area contributed by atoms with Gasteiger partial charge in [0.1, 0.15) is 5.82 Å². The Kier molecular flexibility index (Phi) is 3.39. The summed E-state index contributed by atoms with van der Waals surface area (Å²) in [5.74, 6) is -1.49. The van der Waals surface area contributed by atoms with E-state index in [4.69, 9.17) is 17.3 Å². The number of nitrogen functional groups attached to an aromatic ring is 1. The van der Waals surface area contributed by atoms with E-state index in [9.17, 15) is 8.78 Å². The molecule has 0 amide bonds. The molecule has 2 aromatic rings. The molecular weight excluding hydrogens is 258 g/mol. The Morgan fingerprint density at radius 2 is 1.94 bits per heavy atom. The third kappa shape index (κ3) is 2.38. The summed E-state index contributed by atoms with van der Waals surface area (Å²) in [4.78, 5) is 0. The number of hydrogen-bond donors (Lipinski definition) is 2. The van der Waals surface area contributed by atoms with Crippen LogP contribution in [0.5, 0.6) is 0 Å². The Hall–Kier alpha value is -1.81. The van der Waals surface area contributed by atoms with Crippen LogP contribution in [-0.2, 0) is 0 Å². The van der Waals surface area contributed by atoms with Crippen molar-refractivity contribution in [1.29, 1.82) is 0 Å². The molecule has 2 rings (SSSR count). The Morgan fingerprint density at radius 1 is 1.22 bits per heavy atom. The van der Waals surface area contributed by atoms with E-state index in [2.05, 4.69) is 5.32 Å². The molecule has 0 saturated carbocycles. The standard InChI is InChI=1S/C13H11ClF2N2/c1-7-3-2-4-11(12(7)17)18-13-9(14)5-8(15)6-10(13)16/h2-6,18H,17H2,1H3. The maximum atomic E-state index is 13.6. The smallest absolute Gasteiger partial charge is 0.151 e. The molecule has 0 heterocycles. The summed E-state index contributed by atoms with van der Waals surface area (Å²) in [6.45, 7) is 1.84. The van der Waals surface area contributed by atoms with Crippen LogP contribution >= 0.6 is 11.6 Å². The van der Waals surface area contributed by atoms with Gasteiger partial charge in [0.05, 0.1) is 22.1 Å². The fourth-order valence-corrected chi connectivity index (χ4v) is 1.83. The SMILES string of the molecule is Cc1cccc(Nc2c(F)cc(F)cc2Cl)c1N. The van der Waals surface area contributed by atoms with Crippen LogP contribution in [0.25, 0.3) is 0 Å². The lowest BCUT2D eigenvalue weighted by molar-refractivity contribution is 0.586. The molecule has 0 saturated heterocycles. The summed E-state index contributed by atoms with van der Waals surface area (Å²) in [5, 5.41) is 2.74. The summed E-state index contributed by atoms with van der Waals surface area (Å²) >= 11 is 5.79. The Balaban J connectivity index is 2.43. The molecule has 0 unspecified atom stereocenters. The first kappa shape index (κ1) is 12.6. The van der Waals surface area contributed by atoms with Crippen molar-refractivity contribution in [2.24, 2.45) is 0 Å². The molecule has 18 heavy (non-hydrogen) atoms. The predicted molar refractivity (Wildman–Crippen MR) is 70.2 cm³/mol. The molecule has 3 N–H and O–H groups in total. The topological polar surface area (TPSA) is 38.0 Å². The number of nitrogens with one attached hydrogen (secondary N) is 1. The molecule has 0 aliphatic carbocycles. The van der Waals surface area contributed by atoms with Gasteiger partial charge in [-0.25, -0.2) is 8.78 Å². The van der Waals surface area contributed by atoms with E-state index in [0.717, 1.165) is 17.7 Å². The van der Waals surface area contributed by atoms with Crippen molar-refractivity contribution in [1.82, 2.24) is 0 Å². The highest BCUT2D eigenvalue weighted by Gasteiger charge is 2.11. The molecule has 0 fully saturated rings. The van der Waals surface area contributed by atoms with E-state index >= 15 is 0 Å². The van der Waals surface area contributed by atoms with Crippen LogP contribution in [0.3, 0.4) is 0 Å². The largest absolute Gasteiger partial charge is 0.397 e. The minimum absolute atomic E-state index is 0.00960. The molecule has 0 radical (unpaired) electrons. The van der Waals surface area contributed by atoms with Gasteiger partial charge in [0, 0.05) is 6.07 Å². The Bertz CT molecular complexity index is 577. The van der Waals surface area contributed by atoms with Crippen molar-refractivity contribution >= 4 is 28.7 Å². The molecule has 5 heteroatoms. The van der Waals surface area contributed by atoms with Crippen LogP contribution in [-0.4, -0.2) is 0 Å². The highest BCUT2D eigenvalue weighted by molar-refractivity contribution is 6.33. The molecule has 0 aromatic heterocycles. The summed E-state index contributed by atoms with van der Waals surface area (Å²) in [6, 6.07) is 7.12. The molecule has 2 aromatic carbocycles. The Morgan fingerprint density at radius 3 is 2.61 bits per heavy atom. The van der Waals surface area contributed by atoms with Crippen molar-refractivity contribution in [3.63, 3.8) is 0 Å². The van der Waals surface area contributed by atoms with E-state index < -0.39 is 11.6 Å². The van der Waals surface area contributed by atoms with Crippen molar-refractivity contribution in [3.05, 3.63) is 52.6 Å². The van der Waals surface area contributed by atoms with Crippen molar-refractivity contribution < 1.29 is 8.78 Å². The summed E-state index contributed by atoms with van der Waals surface area (Å²) < 4.78 is 26.5. The average Bonchev–Trinajstić information content (AvgIpc) is 2.28. The van der Waals surface area contributed by atoms with Crippen LogP contribution < -0.4 is 11.1 Å². The van der Waals surface area contributed by atoms with E-state index in [1.54, 1.807) is 12.1 Å². The average molecular weight is 269 g/mol. The summed E-state index contributed by atoms with van der Waals surface area (Å²) in [5.41, 5.74) is 7.76. The number of rotatable bonds is 2. The second kappa shape index (κ2) is 4.82.